The van der Waals surface area contributed by atoms with Crippen molar-refractivity contribution in [3.05, 3.63) is 118 Å². The molecule has 0 aliphatic heterocycles. The van der Waals surface area contributed by atoms with Gasteiger partial charge in [0.2, 0.25) is 0 Å². The smallest absolute Gasteiger partial charge is 0.304 e. The van der Waals surface area contributed by atoms with Gasteiger partial charge in [0.1, 0.15) is 0 Å². The van der Waals surface area contributed by atoms with Crippen LogP contribution in [0.25, 0.3) is 16.3 Å². The van der Waals surface area contributed by atoms with E-state index in [0.29, 0.717) is 6.54 Å². The molecule has 2 heterocycles. The van der Waals surface area contributed by atoms with Gasteiger partial charge in [-0.15, -0.1) is 10.2 Å². The fourth-order valence-corrected chi connectivity index (χ4v) is 5.51. The highest BCUT2D eigenvalue weighted by Crippen LogP contribution is 2.21. The lowest BCUT2D eigenvalue weighted by Crippen LogP contribution is -2.18. The first kappa shape index (κ1) is 22.4. The van der Waals surface area contributed by atoms with Gasteiger partial charge in [-0.1, -0.05) is 108 Å². The van der Waals surface area contributed by atoms with E-state index in [9.17, 15) is 4.79 Å². The Kier molecular flexibility index (Phi) is 7.02. The molecular weight excluding hydrogens is 460 g/mol. The molecule has 170 valence electrons. The number of para-hydroxylation sites is 1. The van der Waals surface area contributed by atoms with E-state index < -0.39 is 0 Å². The van der Waals surface area contributed by atoms with Gasteiger partial charge >= 0.3 is 4.87 Å². The van der Waals surface area contributed by atoms with E-state index in [1.54, 1.807) is 16.3 Å². The number of nitrogens with zero attached hydrogens (tertiary/aromatic N) is 4. The van der Waals surface area contributed by atoms with Gasteiger partial charge in [-0.25, -0.2) is 0 Å². The highest BCUT2D eigenvalue weighted by Gasteiger charge is 2.16. The van der Waals surface area contributed by atoms with E-state index >= 15 is 0 Å². The Balaban J connectivity index is 1.39. The van der Waals surface area contributed by atoms with Crippen LogP contribution in [0.2, 0.25) is 0 Å². The van der Waals surface area contributed by atoms with E-state index in [1.807, 2.05) is 48.5 Å². The average molecular weight is 485 g/mol. The molecule has 0 unspecified atom stereocenters. The Morgan fingerprint density at radius 3 is 2.41 bits per heavy atom. The number of aromatic nitrogens is 4. The molecule has 0 bridgehead atoms. The summed E-state index contributed by atoms with van der Waals surface area (Å²) in [5.41, 5.74) is 3.38. The predicted octanol–water partition coefficient (Wildman–Crippen LogP) is 5.75. The zero-order valence-electron chi connectivity index (χ0n) is 18.6. The van der Waals surface area contributed by atoms with Gasteiger partial charge in [-0.05, 0) is 29.7 Å². The van der Waals surface area contributed by atoms with Crippen molar-refractivity contribution in [3.8, 4) is 0 Å². The van der Waals surface area contributed by atoms with E-state index in [4.69, 9.17) is 0 Å². The molecule has 0 amide bonds. The fourth-order valence-electron chi connectivity index (χ4n) is 3.83. The molecule has 0 N–H and O–H groups in total. The minimum atomic E-state index is 0.0267. The second-order valence-electron chi connectivity index (χ2n) is 7.83. The lowest BCUT2D eigenvalue weighted by atomic mass is 10.1. The van der Waals surface area contributed by atoms with Crippen molar-refractivity contribution in [2.24, 2.45) is 0 Å². The van der Waals surface area contributed by atoms with Crippen molar-refractivity contribution < 1.29 is 0 Å². The molecule has 5 nitrogen and oxygen atoms in total. The number of benzene rings is 3. The van der Waals surface area contributed by atoms with Crippen molar-refractivity contribution in [2.45, 2.75) is 24.7 Å². The van der Waals surface area contributed by atoms with E-state index in [2.05, 4.69) is 63.3 Å². The van der Waals surface area contributed by atoms with Crippen LogP contribution < -0.4 is 4.87 Å². The summed E-state index contributed by atoms with van der Waals surface area (Å²) in [5, 5.41) is 9.87. The van der Waals surface area contributed by atoms with Crippen molar-refractivity contribution in [1.29, 1.82) is 0 Å². The molecule has 3 aromatic carbocycles. The van der Waals surface area contributed by atoms with Crippen LogP contribution >= 0.6 is 23.1 Å². The third-order valence-corrected chi connectivity index (χ3v) is 7.43. The van der Waals surface area contributed by atoms with Crippen LogP contribution in [0.5, 0.6) is 0 Å². The summed E-state index contributed by atoms with van der Waals surface area (Å²) in [6.45, 7) is 1.17. The monoisotopic (exact) mass is 484 g/mol. The van der Waals surface area contributed by atoms with Crippen molar-refractivity contribution in [3.63, 3.8) is 0 Å². The summed E-state index contributed by atoms with van der Waals surface area (Å²) in [7, 11) is 0. The number of hydrogen-bond acceptors (Lipinski definition) is 5. The van der Waals surface area contributed by atoms with Crippen LogP contribution in [-0.2, 0) is 19.5 Å². The second-order valence-corrected chi connectivity index (χ2v) is 9.81. The van der Waals surface area contributed by atoms with Crippen molar-refractivity contribution in [2.75, 3.05) is 5.75 Å². The van der Waals surface area contributed by atoms with Crippen LogP contribution in [0.3, 0.4) is 0 Å². The predicted molar refractivity (Wildman–Crippen MR) is 142 cm³/mol. The zero-order valence-corrected chi connectivity index (χ0v) is 20.2. The zero-order chi connectivity index (χ0) is 23.2. The maximum atomic E-state index is 12.7. The van der Waals surface area contributed by atoms with Crippen molar-refractivity contribution in [1.82, 2.24) is 19.3 Å². The highest BCUT2D eigenvalue weighted by atomic mass is 32.2. The molecule has 0 spiro atoms. The summed E-state index contributed by atoms with van der Waals surface area (Å²) < 4.78 is 4.95. The molecule has 5 rings (SSSR count). The van der Waals surface area contributed by atoms with E-state index in [1.165, 1.54) is 22.5 Å². The van der Waals surface area contributed by atoms with Gasteiger partial charge in [0.15, 0.2) is 11.0 Å². The Hall–Kier alpha value is -3.42. The summed E-state index contributed by atoms with van der Waals surface area (Å²) >= 11 is 2.93. The lowest BCUT2D eigenvalue weighted by Gasteiger charge is -2.11. The molecule has 0 radical (unpaired) electrons. The largest absolute Gasteiger partial charge is 0.308 e. The minimum absolute atomic E-state index is 0.0267. The molecule has 0 atom stereocenters. The Morgan fingerprint density at radius 2 is 1.59 bits per heavy atom. The summed E-state index contributed by atoms with van der Waals surface area (Å²) in [6.07, 6.45) is 5.14. The summed E-state index contributed by atoms with van der Waals surface area (Å²) in [5.74, 6) is 1.59. The molecule has 7 heteroatoms. The number of hydrogen-bond donors (Lipinski definition) is 0. The SMILES string of the molecule is O=c1sc2ccccc2n1Cc1nnc(SCC=Cc2ccccc2)n1CCc1ccccc1. The first-order valence-corrected chi connectivity index (χ1v) is 13.0. The van der Waals surface area contributed by atoms with Crippen LogP contribution in [0, 0.1) is 0 Å². The Bertz CT molecular complexity index is 1450. The van der Waals surface area contributed by atoms with Crippen LogP contribution in [0.15, 0.2) is 101 Å². The number of fused-ring (bicyclic) bond motifs is 1. The molecule has 0 aliphatic carbocycles. The van der Waals surface area contributed by atoms with Gasteiger partial charge in [0.25, 0.3) is 0 Å². The van der Waals surface area contributed by atoms with Crippen molar-refractivity contribution >= 4 is 39.4 Å². The summed E-state index contributed by atoms with van der Waals surface area (Å²) in [6, 6.07) is 28.6. The normalized spacial score (nSPS) is 11.5. The van der Waals surface area contributed by atoms with Gasteiger partial charge in [0, 0.05) is 12.3 Å². The summed E-state index contributed by atoms with van der Waals surface area (Å²) in [4.78, 5) is 12.7. The van der Waals surface area contributed by atoms with E-state index in [0.717, 1.165) is 39.9 Å². The van der Waals surface area contributed by atoms with Gasteiger partial charge in [-0.2, -0.15) is 0 Å². The number of aryl methyl sites for hydroxylation is 1. The molecule has 0 fully saturated rings. The first-order valence-electron chi connectivity index (χ1n) is 11.2. The molecular formula is C27H24N4OS2. The Labute approximate surface area is 206 Å². The second kappa shape index (κ2) is 10.7. The topological polar surface area (TPSA) is 52.7 Å². The van der Waals surface area contributed by atoms with Gasteiger partial charge < -0.3 is 4.57 Å². The molecule has 2 aromatic heterocycles. The maximum Gasteiger partial charge on any atom is 0.308 e. The number of rotatable bonds is 9. The fraction of sp³-hybridized carbons (Fsp3) is 0.148. The lowest BCUT2D eigenvalue weighted by molar-refractivity contribution is 0.586. The van der Waals surface area contributed by atoms with E-state index in [-0.39, 0.29) is 4.87 Å². The number of thiazole rings is 1. The minimum Gasteiger partial charge on any atom is -0.304 e. The molecule has 0 saturated heterocycles. The Morgan fingerprint density at radius 1 is 0.853 bits per heavy atom. The third-order valence-electron chi connectivity index (χ3n) is 5.55. The van der Waals surface area contributed by atoms with Crippen LogP contribution in [-0.4, -0.2) is 25.1 Å². The number of thioether (sulfide) groups is 1. The van der Waals surface area contributed by atoms with Crippen LogP contribution in [0.1, 0.15) is 17.0 Å². The average Bonchev–Trinajstić information content (AvgIpc) is 3.41. The maximum absolute atomic E-state index is 12.7. The molecule has 0 saturated carbocycles. The standard InChI is InChI=1S/C27H24N4OS2/c32-27-31(23-15-7-8-16-24(23)34-27)20-25-28-29-26(30(25)18-17-22-12-5-2-6-13-22)33-19-9-14-21-10-3-1-4-11-21/h1-16H,17-20H2. The third kappa shape index (κ3) is 5.21. The highest BCUT2D eigenvalue weighted by molar-refractivity contribution is 7.99. The van der Waals surface area contributed by atoms with Gasteiger partial charge in [-0.3, -0.25) is 9.36 Å². The molecule has 0 aliphatic rings. The quantitative estimate of drug-likeness (QED) is 0.250. The molecule has 5 aromatic rings. The van der Waals surface area contributed by atoms with Crippen LogP contribution in [0.4, 0.5) is 0 Å². The first-order chi connectivity index (χ1) is 16.8. The molecule has 34 heavy (non-hydrogen) atoms. The van der Waals surface area contributed by atoms with Gasteiger partial charge in [0.05, 0.1) is 16.8 Å².